The van der Waals surface area contributed by atoms with E-state index in [2.05, 4.69) is 9.46 Å². The van der Waals surface area contributed by atoms with Crippen LogP contribution in [-0.4, -0.2) is 39.5 Å². The molecule has 0 unspecified atom stereocenters. The maximum atomic E-state index is 12.7. The lowest BCUT2D eigenvalue weighted by atomic mass is 10.1. The van der Waals surface area contributed by atoms with Crippen LogP contribution in [0.5, 0.6) is 11.5 Å². The molecule has 0 bridgehead atoms. The van der Waals surface area contributed by atoms with E-state index in [1.807, 2.05) is 6.92 Å². The molecule has 180 valence electrons. The van der Waals surface area contributed by atoms with E-state index in [4.69, 9.17) is 4.74 Å². The number of halogens is 2. The van der Waals surface area contributed by atoms with Gasteiger partial charge >= 0.3 is 6.61 Å². The number of alkyl halides is 2. The number of nitrogens with zero attached hydrogens (tertiary/aromatic N) is 1. The molecule has 0 radical (unpaired) electrons. The van der Waals surface area contributed by atoms with Crippen LogP contribution in [0.4, 0.5) is 14.5 Å². The highest BCUT2D eigenvalue weighted by molar-refractivity contribution is 7.92. The average Bonchev–Trinajstić information content (AvgIpc) is 2.80. The van der Waals surface area contributed by atoms with Gasteiger partial charge in [-0.05, 0) is 73.2 Å². The fourth-order valence-electron chi connectivity index (χ4n) is 3.12. The third kappa shape index (κ3) is 6.67. The molecule has 3 aromatic carbocycles. The number of sulfonamides is 1. The van der Waals surface area contributed by atoms with Crippen LogP contribution in [0.1, 0.15) is 22.8 Å². The predicted octanol–water partition coefficient (Wildman–Crippen LogP) is 4.76. The van der Waals surface area contributed by atoms with Crippen LogP contribution >= 0.6 is 0 Å². The summed E-state index contributed by atoms with van der Waals surface area (Å²) < 4.78 is 61.8. The van der Waals surface area contributed by atoms with Gasteiger partial charge in [-0.1, -0.05) is 12.1 Å². The first kappa shape index (κ1) is 25.0. The molecule has 0 saturated carbocycles. The van der Waals surface area contributed by atoms with Crippen molar-refractivity contribution < 1.29 is 31.5 Å². The minimum atomic E-state index is -3.80. The van der Waals surface area contributed by atoms with Crippen LogP contribution in [0.3, 0.4) is 0 Å². The lowest BCUT2D eigenvalue weighted by Crippen LogP contribution is -2.26. The third-order valence-electron chi connectivity index (χ3n) is 4.74. The van der Waals surface area contributed by atoms with Crippen molar-refractivity contribution in [3.8, 4) is 11.5 Å². The first-order valence-corrected chi connectivity index (χ1v) is 11.8. The number of anilines is 1. The second-order valence-corrected chi connectivity index (χ2v) is 8.95. The number of hydrogen-bond donors (Lipinski definition) is 1. The number of benzene rings is 3. The molecular formula is C24H24F2N2O5S. The van der Waals surface area contributed by atoms with Crippen LogP contribution < -0.4 is 14.2 Å². The molecule has 0 aliphatic rings. The van der Waals surface area contributed by atoms with Gasteiger partial charge in [0.1, 0.15) is 11.5 Å². The Morgan fingerprint density at radius 1 is 0.941 bits per heavy atom. The molecule has 3 aromatic rings. The summed E-state index contributed by atoms with van der Waals surface area (Å²) in [6, 6.07) is 18.1. The Bertz CT molecular complexity index is 1200. The van der Waals surface area contributed by atoms with Gasteiger partial charge in [-0.2, -0.15) is 8.78 Å². The van der Waals surface area contributed by atoms with Gasteiger partial charge in [-0.15, -0.1) is 0 Å². The maximum Gasteiger partial charge on any atom is 0.387 e. The first-order chi connectivity index (χ1) is 16.2. The second-order valence-electron chi connectivity index (χ2n) is 7.27. The van der Waals surface area contributed by atoms with Gasteiger partial charge in [0.25, 0.3) is 15.9 Å². The fraction of sp³-hybridized carbons (Fsp3) is 0.208. The summed E-state index contributed by atoms with van der Waals surface area (Å²) in [6.45, 7) is -0.333. The van der Waals surface area contributed by atoms with Gasteiger partial charge in [0, 0.05) is 24.8 Å². The van der Waals surface area contributed by atoms with Crippen molar-refractivity contribution in [3.05, 3.63) is 83.9 Å². The van der Waals surface area contributed by atoms with Gasteiger partial charge in [-0.3, -0.25) is 9.52 Å². The molecule has 0 aromatic heterocycles. The summed E-state index contributed by atoms with van der Waals surface area (Å²) in [7, 11) is -2.20. The second kappa shape index (κ2) is 11.0. The lowest BCUT2D eigenvalue weighted by Gasteiger charge is -2.18. The van der Waals surface area contributed by atoms with Gasteiger partial charge in [0.05, 0.1) is 11.5 Å². The van der Waals surface area contributed by atoms with E-state index in [0.717, 1.165) is 5.56 Å². The Labute approximate surface area is 197 Å². The minimum absolute atomic E-state index is 0.0380. The Kier molecular flexibility index (Phi) is 8.06. The monoisotopic (exact) mass is 490 g/mol. The van der Waals surface area contributed by atoms with Gasteiger partial charge in [0.15, 0.2) is 0 Å². The predicted molar refractivity (Wildman–Crippen MR) is 124 cm³/mol. The molecule has 34 heavy (non-hydrogen) atoms. The average molecular weight is 491 g/mol. The van der Waals surface area contributed by atoms with Crippen molar-refractivity contribution in [2.75, 3.05) is 18.4 Å². The van der Waals surface area contributed by atoms with Crippen molar-refractivity contribution in [3.63, 3.8) is 0 Å². The molecule has 0 atom stereocenters. The number of nitrogens with one attached hydrogen (secondary N) is 1. The molecule has 3 rings (SSSR count). The number of ether oxygens (including phenoxy) is 2. The van der Waals surface area contributed by atoms with Crippen molar-refractivity contribution >= 4 is 21.6 Å². The standard InChI is InChI=1S/C24H24F2N2O5S/c1-3-32-20-12-14-22(15-13-20)34(30,31)27-19-8-6-18(7-9-19)23(29)28(2)16-17-4-10-21(11-5-17)33-24(25)26/h4-15,24,27H,3,16H2,1-2H3. The van der Waals surface area contributed by atoms with Gasteiger partial charge in [0.2, 0.25) is 0 Å². The highest BCUT2D eigenvalue weighted by Gasteiger charge is 2.16. The van der Waals surface area contributed by atoms with Crippen molar-refractivity contribution in [2.24, 2.45) is 0 Å². The topological polar surface area (TPSA) is 84.9 Å². The largest absolute Gasteiger partial charge is 0.494 e. The number of rotatable bonds is 10. The zero-order chi connectivity index (χ0) is 24.7. The smallest absolute Gasteiger partial charge is 0.387 e. The summed E-state index contributed by atoms with van der Waals surface area (Å²) in [6.07, 6.45) is 0. The SMILES string of the molecule is CCOc1ccc(S(=O)(=O)Nc2ccc(C(=O)N(C)Cc3ccc(OC(F)F)cc3)cc2)cc1. The van der Waals surface area contributed by atoms with E-state index in [0.29, 0.717) is 23.6 Å². The Morgan fingerprint density at radius 2 is 1.53 bits per heavy atom. The minimum Gasteiger partial charge on any atom is -0.494 e. The molecule has 0 heterocycles. The zero-order valence-corrected chi connectivity index (χ0v) is 19.4. The molecule has 1 N–H and O–H groups in total. The summed E-state index contributed by atoms with van der Waals surface area (Å²) in [5.41, 5.74) is 1.41. The molecule has 0 fully saturated rings. The van der Waals surface area contributed by atoms with Gasteiger partial charge < -0.3 is 14.4 Å². The molecule has 0 spiro atoms. The summed E-state index contributed by atoms with van der Waals surface area (Å²) >= 11 is 0. The summed E-state index contributed by atoms with van der Waals surface area (Å²) in [5.74, 6) is 0.329. The molecule has 0 saturated heterocycles. The number of carbonyl (C=O) groups is 1. The van der Waals surface area contributed by atoms with Crippen LogP contribution in [0.15, 0.2) is 77.7 Å². The molecule has 0 aliphatic carbocycles. The Hall–Kier alpha value is -3.66. The van der Waals surface area contributed by atoms with Crippen LogP contribution in [0.2, 0.25) is 0 Å². The van der Waals surface area contributed by atoms with Crippen molar-refractivity contribution in [1.29, 1.82) is 0 Å². The van der Waals surface area contributed by atoms with E-state index in [1.54, 1.807) is 31.3 Å². The zero-order valence-electron chi connectivity index (χ0n) is 18.6. The highest BCUT2D eigenvalue weighted by Crippen LogP contribution is 2.21. The molecular weight excluding hydrogens is 466 g/mol. The highest BCUT2D eigenvalue weighted by atomic mass is 32.2. The van der Waals surface area contributed by atoms with Crippen LogP contribution in [0, 0.1) is 0 Å². The van der Waals surface area contributed by atoms with Crippen molar-refractivity contribution in [1.82, 2.24) is 4.90 Å². The number of carbonyl (C=O) groups excluding carboxylic acids is 1. The van der Waals surface area contributed by atoms with E-state index in [1.165, 1.54) is 53.4 Å². The fourth-order valence-corrected chi connectivity index (χ4v) is 4.18. The number of hydrogen-bond acceptors (Lipinski definition) is 5. The van der Waals surface area contributed by atoms with Gasteiger partial charge in [-0.25, -0.2) is 8.42 Å². The van der Waals surface area contributed by atoms with E-state index in [9.17, 15) is 22.0 Å². The molecule has 0 aliphatic heterocycles. The quantitative estimate of drug-likeness (QED) is 0.443. The Morgan fingerprint density at radius 3 is 2.09 bits per heavy atom. The van der Waals surface area contributed by atoms with Crippen LogP contribution in [-0.2, 0) is 16.6 Å². The normalized spacial score (nSPS) is 11.2. The third-order valence-corrected chi connectivity index (χ3v) is 6.14. The summed E-state index contributed by atoms with van der Waals surface area (Å²) in [4.78, 5) is 14.3. The number of amides is 1. The molecule has 10 heteroatoms. The Balaban J connectivity index is 1.62. The summed E-state index contributed by atoms with van der Waals surface area (Å²) in [5, 5.41) is 0. The van der Waals surface area contributed by atoms with Crippen molar-refractivity contribution in [2.45, 2.75) is 25.0 Å². The van der Waals surface area contributed by atoms with E-state index >= 15 is 0 Å². The maximum absolute atomic E-state index is 12.7. The lowest BCUT2D eigenvalue weighted by molar-refractivity contribution is -0.0498. The molecule has 7 nitrogen and oxygen atoms in total. The van der Waals surface area contributed by atoms with E-state index in [-0.39, 0.29) is 23.1 Å². The van der Waals surface area contributed by atoms with E-state index < -0.39 is 16.6 Å². The molecule has 1 amide bonds. The first-order valence-electron chi connectivity index (χ1n) is 10.3. The van der Waals surface area contributed by atoms with Crippen LogP contribution in [0.25, 0.3) is 0 Å².